The fourth-order valence-corrected chi connectivity index (χ4v) is 3.79. The molecule has 0 saturated carbocycles. The lowest BCUT2D eigenvalue weighted by molar-refractivity contribution is 0.717. The Labute approximate surface area is 171 Å². The normalized spacial score (nSPS) is 11.1. The van der Waals surface area contributed by atoms with E-state index in [0.717, 1.165) is 59.6 Å². The highest BCUT2D eigenvalue weighted by Gasteiger charge is 2.13. The number of hydrogen-bond donors (Lipinski definition) is 1. The minimum absolute atomic E-state index is 0.531. The number of aryl methyl sites for hydroxylation is 3. The molecule has 0 saturated heterocycles. The number of pyridine rings is 1. The molecule has 0 aliphatic rings. The predicted molar refractivity (Wildman–Crippen MR) is 116 cm³/mol. The fourth-order valence-electron chi connectivity index (χ4n) is 3.79. The summed E-state index contributed by atoms with van der Waals surface area (Å²) in [6, 6.07) is 14.9. The third-order valence-electron chi connectivity index (χ3n) is 5.31. The molecule has 4 aromatic rings. The van der Waals surface area contributed by atoms with Crippen LogP contribution in [0.25, 0.3) is 22.4 Å². The van der Waals surface area contributed by atoms with Gasteiger partial charge in [0, 0.05) is 30.9 Å². The largest absolute Gasteiger partial charge is 0.361 e. The molecule has 1 aromatic carbocycles. The van der Waals surface area contributed by atoms with Crippen LogP contribution in [0.3, 0.4) is 0 Å². The number of rotatable bonds is 7. The maximum atomic E-state index is 8.87. The third-order valence-corrected chi connectivity index (χ3v) is 5.31. The molecule has 3 aromatic heterocycles. The van der Waals surface area contributed by atoms with Gasteiger partial charge in [-0.3, -0.25) is 0 Å². The van der Waals surface area contributed by atoms with Gasteiger partial charge < -0.3 is 9.55 Å². The topological polar surface area (TPSA) is 70.3 Å². The number of nitrogens with zero attached hydrogens (tertiary/aromatic N) is 4. The molecule has 0 spiro atoms. The SMILES string of the molecule is CCCc1nc2c(C)ccnc2n1Cc1ccc(-c2[nH]ccc2CCC#N)cc1. The molecular formula is C24H25N5. The second kappa shape index (κ2) is 8.32. The van der Waals surface area contributed by atoms with E-state index >= 15 is 0 Å². The average molecular weight is 383 g/mol. The predicted octanol–water partition coefficient (Wildman–Crippen LogP) is 5.19. The molecule has 0 fully saturated rings. The first-order valence-corrected chi connectivity index (χ1v) is 10.1. The number of aromatic nitrogens is 4. The van der Waals surface area contributed by atoms with Crippen LogP contribution in [0.15, 0.2) is 48.8 Å². The molecule has 3 heterocycles. The Morgan fingerprint density at radius 1 is 1.10 bits per heavy atom. The van der Waals surface area contributed by atoms with Gasteiger partial charge in [-0.2, -0.15) is 5.26 Å². The number of benzene rings is 1. The number of hydrogen-bond acceptors (Lipinski definition) is 3. The smallest absolute Gasteiger partial charge is 0.160 e. The molecule has 0 radical (unpaired) electrons. The first-order valence-electron chi connectivity index (χ1n) is 10.1. The van der Waals surface area contributed by atoms with Gasteiger partial charge in [0.05, 0.1) is 12.6 Å². The number of H-pyrrole nitrogens is 1. The first-order chi connectivity index (χ1) is 14.2. The maximum absolute atomic E-state index is 8.87. The first kappa shape index (κ1) is 18.9. The Balaban J connectivity index is 1.63. The van der Waals surface area contributed by atoms with Crippen LogP contribution in [0.1, 0.15) is 42.3 Å². The molecule has 0 amide bonds. The van der Waals surface area contributed by atoms with Crippen molar-refractivity contribution in [3.05, 3.63) is 71.3 Å². The molecule has 0 unspecified atom stereocenters. The monoisotopic (exact) mass is 383 g/mol. The summed E-state index contributed by atoms with van der Waals surface area (Å²) in [5.41, 5.74) is 7.78. The van der Waals surface area contributed by atoms with Crippen LogP contribution in [0.2, 0.25) is 0 Å². The van der Waals surface area contributed by atoms with Crippen molar-refractivity contribution in [1.82, 2.24) is 19.5 Å². The zero-order chi connectivity index (χ0) is 20.2. The van der Waals surface area contributed by atoms with E-state index in [4.69, 9.17) is 10.2 Å². The second-order valence-corrected chi connectivity index (χ2v) is 7.40. The number of aromatic amines is 1. The summed E-state index contributed by atoms with van der Waals surface area (Å²) < 4.78 is 2.24. The average Bonchev–Trinajstić information content (AvgIpc) is 3.33. The summed E-state index contributed by atoms with van der Waals surface area (Å²) in [6.07, 6.45) is 7.10. The van der Waals surface area contributed by atoms with Crippen LogP contribution in [0, 0.1) is 18.3 Å². The van der Waals surface area contributed by atoms with Crippen LogP contribution in [0.5, 0.6) is 0 Å². The second-order valence-electron chi connectivity index (χ2n) is 7.40. The Kier molecular flexibility index (Phi) is 5.44. The fraction of sp³-hybridized carbons (Fsp3) is 0.292. The summed E-state index contributed by atoms with van der Waals surface area (Å²) in [7, 11) is 0. The van der Waals surface area contributed by atoms with Gasteiger partial charge in [0.2, 0.25) is 0 Å². The summed E-state index contributed by atoms with van der Waals surface area (Å²) in [6.45, 7) is 5.03. The number of nitriles is 1. The van der Waals surface area contributed by atoms with Gasteiger partial charge in [-0.05, 0) is 54.2 Å². The zero-order valence-electron chi connectivity index (χ0n) is 16.9. The van der Waals surface area contributed by atoms with E-state index in [2.05, 4.69) is 64.8 Å². The van der Waals surface area contributed by atoms with E-state index in [1.54, 1.807) is 0 Å². The standard InChI is InChI=1S/C24H25N5/c1-3-5-21-28-22-17(2)11-14-27-24(22)29(21)16-18-7-9-20(10-8-18)23-19(6-4-13-25)12-15-26-23/h7-12,14-15,26H,3-6,16H2,1-2H3. The minimum atomic E-state index is 0.531. The lowest BCUT2D eigenvalue weighted by Gasteiger charge is -2.10. The summed E-state index contributed by atoms with van der Waals surface area (Å²) in [5, 5.41) is 8.87. The molecule has 5 heteroatoms. The van der Waals surface area contributed by atoms with Crippen molar-refractivity contribution in [2.75, 3.05) is 0 Å². The van der Waals surface area contributed by atoms with E-state index < -0.39 is 0 Å². The minimum Gasteiger partial charge on any atom is -0.361 e. The molecule has 0 aliphatic carbocycles. The lowest BCUT2D eigenvalue weighted by atomic mass is 10.0. The van der Waals surface area contributed by atoms with E-state index in [9.17, 15) is 0 Å². The van der Waals surface area contributed by atoms with Crippen molar-refractivity contribution >= 4 is 11.2 Å². The number of fused-ring (bicyclic) bond motifs is 1. The highest BCUT2D eigenvalue weighted by Crippen LogP contribution is 2.25. The molecule has 0 aliphatic heterocycles. The van der Waals surface area contributed by atoms with Crippen LogP contribution >= 0.6 is 0 Å². The van der Waals surface area contributed by atoms with Crippen molar-refractivity contribution in [2.24, 2.45) is 0 Å². The Morgan fingerprint density at radius 2 is 1.93 bits per heavy atom. The van der Waals surface area contributed by atoms with E-state index in [1.165, 1.54) is 11.1 Å². The summed E-state index contributed by atoms with van der Waals surface area (Å²) >= 11 is 0. The number of imidazole rings is 1. The van der Waals surface area contributed by atoms with Crippen LogP contribution < -0.4 is 0 Å². The molecular weight excluding hydrogens is 358 g/mol. The van der Waals surface area contributed by atoms with Crippen LogP contribution in [-0.4, -0.2) is 19.5 Å². The molecule has 4 rings (SSSR count). The van der Waals surface area contributed by atoms with E-state index in [1.807, 2.05) is 18.5 Å². The summed E-state index contributed by atoms with van der Waals surface area (Å²) in [5.74, 6) is 1.09. The summed E-state index contributed by atoms with van der Waals surface area (Å²) in [4.78, 5) is 12.8. The molecule has 146 valence electrons. The quantitative estimate of drug-likeness (QED) is 0.477. The van der Waals surface area contributed by atoms with Gasteiger partial charge in [-0.1, -0.05) is 31.2 Å². The molecule has 29 heavy (non-hydrogen) atoms. The van der Waals surface area contributed by atoms with Crippen molar-refractivity contribution in [3.8, 4) is 17.3 Å². The van der Waals surface area contributed by atoms with Crippen molar-refractivity contribution in [1.29, 1.82) is 5.26 Å². The highest BCUT2D eigenvalue weighted by molar-refractivity contribution is 5.75. The van der Waals surface area contributed by atoms with Gasteiger partial charge in [-0.15, -0.1) is 0 Å². The van der Waals surface area contributed by atoms with Gasteiger partial charge in [-0.25, -0.2) is 9.97 Å². The highest BCUT2D eigenvalue weighted by atomic mass is 15.1. The number of nitrogens with one attached hydrogen (secondary N) is 1. The molecule has 0 atom stereocenters. The van der Waals surface area contributed by atoms with E-state index in [-0.39, 0.29) is 0 Å². The Morgan fingerprint density at radius 3 is 2.69 bits per heavy atom. The Hall–Kier alpha value is -3.39. The van der Waals surface area contributed by atoms with E-state index in [0.29, 0.717) is 6.42 Å². The van der Waals surface area contributed by atoms with Gasteiger partial charge in [0.25, 0.3) is 0 Å². The molecule has 1 N–H and O–H groups in total. The van der Waals surface area contributed by atoms with Crippen molar-refractivity contribution in [2.45, 2.75) is 46.1 Å². The lowest BCUT2D eigenvalue weighted by Crippen LogP contribution is -2.06. The zero-order valence-corrected chi connectivity index (χ0v) is 16.9. The molecule has 5 nitrogen and oxygen atoms in total. The molecule has 0 bridgehead atoms. The van der Waals surface area contributed by atoms with Crippen molar-refractivity contribution in [3.63, 3.8) is 0 Å². The van der Waals surface area contributed by atoms with Crippen LogP contribution in [-0.2, 0) is 19.4 Å². The van der Waals surface area contributed by atoms with Gasteiger partial charge in [0.15, 0.2) is 5.65 Å². The van der Waals surface area contributed by atoms with Gasteiger partial charge in [0.1, 0.15) is 11.3 Å². The van der Waals surface area contributed by atoms with Crippen molar-refractivity contribution < 1.29 is 0 Å². The van der Waals surface area contributed by atoms with Crippen LogP contribution in [0.4, 0.5) is 0 Å². The third kappa shape index (κ3) is 3.79. The Bertz CT molecular complexity index is 1160. The maximum Gasteiger partial charge on any atom is 0.160 e. The van der Waals surface area contributed by atoms with Gasteiger partial charge >= 0.3 is 0 Å².